The lowest BCUT2D eigenvalue weighted by molar-refractivity contribution is -0.152. The number of nitrogens with zero attached hydrogens (tertiary/aromatic N) is 1. The predicted octanol–water partition coefficient (Wildman–Crippen LogP) is -1.11. The van der Waals surface area contributed by atoms with Crippen LogP contribution in [0.15, 0.2) is 11.5 Å². The number of carbonyl (C=O) groups is 4. The van der Waals surface area contributed by atoms with Gasteiger partial charge < -0.3 is 19.9 Å². The van der Waals surface area contributed by atoms with Crippen molar-refractivity contribution in [1.82, 2.24) is 10.2 Å². The highest BCUT2D eigenvalue weighted by Gasteiger charge is 2.54. The largest absolute Gasteiger partial charge is 0.498 e. The minimum atomic E-state index is -1.27. The summed E-state index contributed by atoms with van der Waals surface area (Å²) in [6, 6.07) is -0.866. The molecule has 0 aromatic carbocycles. The number of carboxylic acids is 1. The molecule has 0 radical (unpaired) electrons. The standard InChI is InChI=1S/C12H14N2O7S/c1-20-5-4-22-11-8(13-6(15)3-7(16)21-2)10(17)14(11)9(5)12(18)19/h8,11H,3-4H2,1-2H3,(H,13,15)(H,18,19)/t8-,11+/m1/s1. The van der Waals surface area contributed by atoms with Gasteiger partial charge in [0.1, 0.15) is 23.6 Å². The van der Waals surface area contributed by atoms with Gasteiger partial charge in [0.2, 0.25) is 5.91 Å². The average molecular weight is 330 g/mol. The molecule has 2 heterocycles. The Morgan fingerprint density at radius 2 is 2.09 bits per heavy atom. The minimum Gasteiger partial charge on any atom is -0.498 e. The Balaban J connectivity index is 2.09. The monoisotopic (exact) mass is 330 g/mol. The second-order valence-corrected chi connectivity index (χ2v) is 5.59. The first-order valence-corrected chi connectivity index (χ1v) is 7.26. The normalized spacial score (nSPS) is 23.4. The van der Waals surface area contributed by atoms with E-state index in [-0.39, 0.29) is 17.2 Å². The molecule has 10 heteroatoms. The summed E-state index contributed by atoms with van der Waals surface area (Å²) in [5, 5.41) is 11.1. The predicted molar refractivity (Wildman–Crippen MR) is 73.3 cm³/mol. The zero-order valence-electron chi connectivity index (χ0n) is 11.8. The van der Waals surface area contributed by atoms with Crippen LogP contribution in [0.2, 0.25) is 0 Å². The molecule has 0 aromatic heterocycles. The van der Waals surface area contributed by atoms with Gasteiger partial charge in [-0.1, -0.05) is 0 Å². The Kier molecular flexibility index (Phi) is 4.59. The zero-order chi connectivity index (χ0) is 16.4. The maximum absolute atomic E-state index is 12.1. The van der Waals surface area contributed by atoms with Gasteiger partial charge >= 0.3 is 11.9 Å². The van der Waals surface area contributed by atoms with Crippen molar-refractivity contribution in [3.05, 3.63) is 11.5 Å². The molecule has 2 rings (SSSR count). The number of hydrogen-bond acceptors (Lipinski definition) is 7. The second kappa shape index (κ2) is 6.26. The third kappa shape index (κ3) is 2.73. The van der Waals surface area contributed by atoms with Crippen LogP contribution < -0.4 is 5.32 Å². The summed E-state index contributed by atoms with van der Waals surface area (Å²) < 4.78 is 9.35. The van der Waals surface area contributed by atoms with Gasteiger partial charge in [-0.15, -0.1) is 11.8 Å². The molecule has 22 heavy (non-hydrogen) atoms. The smallest absolute Gasteiger partial charge is 0.356 e. The van der Waals surface area contributed by atoms with Crippen LogP contribution in [-0.4, -0.2) is 65.1 Å². The zero-order valence-corrected chi connectivity index (χ0v) is 12.6. The molecule has 0 saturated carbocycles. The molecule has 0 unspecified atom stereocenters. The number of aliphatic carboxylic acids is 1. The van der Waals surface area contributed by atoms with Gasteiger partial charge in [-0.05, 0) is 0 Å². The van der Waals surface area contributed by atoms with Crippen molar-refractivity contribution in [1.29, 1.82) is 0 Å². The van der Waals surface area contributed by atoms with Crippen LogP contribution in [0.5, 0.6) is 0 Å². The summed E-state index contributed by atoms with van der Waals surface area (Å²) in [4.78, 5) is 47.1. The molecule has 2 amide bonds. The molecule has 0 aliphatic carbocycles. The van der Waals surface area contributed by atoms with Crippen LogP contribution in [0, 0.1) is 0 Å². The van der Waals surface area contributed by atoms with Crippen molar-refractivity contribution in [2.75, 3.05) is 20.0 Å². The number of methoxy groups -OCH3 is 2. The van der Waals surface area contributed by atoms with E-state index < -0.39 is 41.6 Å². The molecule has 0 aromatic rings. The fourth-order valence-corrected chi connectivity index (χ4v) is 3.49. The molecule has 9 nitrogen and oxygen atoms in total. The SMILES string of the molecule is COC(=O)CC(=O)N[C@@H]1C(=O)N2C(C(=O)O)=C(OC)CS[C@@H]12. The van der Waals surface area contributed by atoms with Crippen molar-refractivity contribution in [3.63, 3.8) is 0 Å². The number of hydrogen-bond donors (Lipinski definition) is 2. The van der Waals surface area contributed by atoms with Crippen LogP contribution in [0.4, 0.5) is 0 Å². The highest BCUT2D eigenvalue weighted by molar-refractivity contribution is 8.00. The molecule has 2 aliphatic rings. The molecule has 1 saturated heterocycles. The van der Waals surface area contributed by atoms with Gasteiger partial charge in [-0.3, -0.25) is 19.3 Å². The Morgan fingerprint density at radius 3 is 2.64 bits per heavy atom. The molecular weight excluding hydrogens is 316 g/mol. The number of thioether (sulfide) groups is 1. The fraction of sp³-hybridized carbons (Fsp3) is 0.500. The lowest BCUT2D eigenvalue weighted by atomic mass is 10.0. The summed E-state index contributed by atoms with van der Waals surface area (Å²) in [7, 11) is 2.48. The Bertz CT molecular complexity index is 574. The quantitative estimate of drug-likeness (QED) is 0.370. The first kappa shape index (κ1) is 16.1. The minimum absolute atomic E-state index is 0.196. The van der Waals surface area contributed by atoms with Crippen LogP contribution in [0.3, 0.4) is 0 Å². The number of rotatable bonds is 5. The van der Waals surface area contributed by atoms with Gasteiger partial charge in [0, 0.05) is 0 Å². The van der Waals surface area contributed by atoms with Gasteiger partial charge in [0.05, 0.1) is 20.0 Å². The van der Waals surface area contributed by atoms with Crippen molar-refractivity contribution in [3.8, 4) is 0 Å². The van der Waals surface area contributed by atoms with Crippen molar-refractivity contribution in [2.24, 2.45) is 0 Å². The van der Waals surface area contributed by atoms with E-state index in [1.54, 1.807) is 0 Å². The highest BCUT2D eigenvalue weighted by Crippen LogP contribution is 2.40. The lowest BCUT2D eigenvalue weighted by Gasteiger charge is -2.48. The van der Waals surface area contributed by atoms with E-state index in [4.69, 9.17) is 4.74 Å². The van der Waals surface area contributed by atoms with E-state index in [2.05, 4.69) is 10.1 Å². The molecule has 0 spiro atoms. The Hall–Kier alpha value is -2.23. The summed E-state index contributed by atoms with van der Waals surface area (Å²) in [5.41, 5.74) is -0.213. The molecular formula is C12H14N2O7S. The van der Waals surface area contributed by atoms with E-state index in [0.29, 0.717) is 0 Å². The number of β-lactam (4-membered cyclic amide) rings is 1. The van der Waals surface area contributed by atoms with Gasteiger partial charge in [-0.25, -0.2) is 4.79 Å². The molecule has 0 bridgehead atoms. The van der Waals surface area contributed by atoms with E-state index in [1.165, 1.54) is 18.9 Å². The van der Waals surface area contributed by atoms with E-state index in [0.717, 1.165) is 12.0 Å². The summed E-state index contributed by atoms with van der Waals surface area (Å²) in [6.07, 6.45) is -0.497. The van der Waals surface area contributed by atoms with Crippen LogP contribution in [0.25, 0.3) is 0 Å². The average Bonchev–Trinajstić information content (AvgIpc) is 2.50. The van der Waals surface area contributed by atoms with Crippen molar-refractivity contribution in [2.45, 2.75) is 17.8 Å². The van der Waals surface area contributed by atoms with Crippen LogP contribution in [-0.2, 0) is 28.7 Å². The fourth-order valence-electron chi connectivity index (χ4n) is 2.17. The van der Waals surface area contributed by atoms with Crippen molar-refractivity contribution >= 4 is 35.5 Å². The highest BCUT2D eigenvalue weighted by atomic mass is 32.2. The molecule has 2 N–H and O–H groups in total. The topological polar surface area (TPSA) is 122 Å². The molecule has 2 aliphatic heterocycles. The second-order valence-electron chi connectivity index (χ2n) is 4.49. The third-order valence-corrected chi connectivity index (χ3v) is 4.48. The Morgan fingerprint density at radius 1 is 1.41 bits per heavy atom. The van der Waals surface area contributed by atoms with Gasteiger partial charge in [0.15, 0.2) is 5.70 Å². The number of nitrogens with one attached hydrogen (secondary N) is 1. The van der Waals surface area contributed by atoms with Crippen LogP contribution in [0.1, 0.15) is 6.42 Å². The van der Waals surface area contributed by atoms with Crippen LogP contribution >= 0.6 is 11.8 Å². The van der Waals surface area contributed by atoms with Crippen molar-refractivity contribution < 1.29 is 33.8 Å². The number of ether oxygens (including phenoxy) is 2. The number of carboxylic acid groups (broad SMARTS) is 1. The lowest BCUT2D eigenvalue weighted by Crippen LogP contribution is -2.70. The van der Waals surface area contributed by atoms with E-state index in [9.17, 15) is 24.3 Å². The third-order valence-electron chi connectivity index (χ3n) is 3.23. The molecule has 120 valence electrons. The number of esters is 1. The summed E-state index contributed by atoms with van der Waals surface area (Å²) >= 11 is 1.27. The maximum Gasteiger partial charge on any atom is 0.356 e. The number of carbonyl (C=O) groups excluding carboxylic acids is 3. The molecule has 2 atom stereocenters. The summed E-state index contributed by atoms with van der Waals surface area (Å²) in [5.74, 6) is -2.72. The van der Waals surface area contributed by atoms with E-state index >= 15 is 0 Å². The van der Waals surface area contributed by atoms with Gasteiger partial charge in [-0.2, -0.15) is 0 Å². The maximum atomic E-state index is 12.1. The van der Waals surface area contributed by atoms with Gasteiger partial charge in [0.25, 0.3) is 5.91 Å². The first-order valence-electron chi connectivity index (χ1n) is 6.22. The summed E-state index contributed by atoms with van der Waals surface area (Å²) in [6.45, 7) is 0. The number of fused-ring (bicyclic) bond motifs is 1. The Labute approximate surface area is 129 Å². The molecule has 1 fully saturated rings. The number of amides is 2. The van der Waals surface area contributed by atoms with E-state index in [1.807, 2.05) is 0 Å². The first-order chi connectivity index (χ1) is 10.4.